The van der Waals surface area contributed by atoms with Crippen LogP contribution in [0.4, 0.5) is 4.39 Å². The minimum Gasteiger partial charge on any atom is -0.352 e. The molecule has 0 aliphatic rings. The summed E-state index contributed by atoms with van der Waals surface area (Å²) in [5, 5.41) is 4.70. The van der Waals surface area contributed by atoms with Crippen molar-refractivity contribution in [2.45, 2.75) is 19.3 Å². The van der Waals surface area contributed by atoms with E-state index in [0.29, 0.717) is 23.5 Å². The van der Waals surface area contributed by atoms with Crippen LogP contribution in [0.15, 0.2) is 89.0 Å². The monoisotopic (exact) mass is 446 g/mol. The van der Waals surface area contributed by atoms with Crippen LogP contribution in [0.2, 0.25) is 0 Å². The zero-order chi connectivity index (χ0) is 22.3. The average molecular weight is 447 g/mol. The molecule has 0 aliphatic heterocycles. The van der Waals surface area contributed by atoms with Crippen LogP contribution in [0.25, 0.3) is 16.9 Å². The average Bonchev–Trinajstić information content (AvgIpc) is 3.21. The summed E-state index contributed by atoms with van der Waals surface area (Å²) in [6.45, 7) is 0.600. The summed E-state index contributed by atoms with van der Waals surface area (Å²) < 4.78 is 15.2. The van der Waals surface area contributed by atoms with Gasteiger partial charge in [0.15, 0.2) is 0 Å². The zero-order valence-corrected chi connectivity index (χ0v) is 18.3. The molecule has 0 spiro atoms. The van der Waals surface area contributed by atoms with Gasteiger partial charge in [0.05, 0.1) is 11.4 Å². The molecule has 1 aromatic heterocycles. The van der Waals surface area contributed by atoms with Crippen LogP contribution in [-0.2, 0) is 6.42 Å². The topological polar surface area (TPSA) is 51.1 Å². The second-order valence-corrected chi connectivity index (χ2v) is 8.30. The molecular weight excluding hydrogens is 423 g/mol. The van der Waals surface area contributed by atoms with E-state index >= 15 is 0 Å². The van der Waals surface area contributed by atoms with Crippen molar-refractivity contribution in [2.24, 2.45) is 0 Å². The normalized spacial score (nSPS) is 10.8. The third-order valence-electron chi connectivity index (χ3n) is 5.20. The molecule has 162 valence electrons. The first-order valence-corrected chi connectivity index (χ1v) is 11.4. The Labute approximate surface area is 190 Å². The zero-order valence-electron chi connectivity index (χ0n) is 17.5. The summed E-state index contributed by atoms with van der Waals surface area (Å²) >= 11 is 1.04. The largest absolute Gasteiger partial charge is 0.352 e. The number of amides is 1. The third kappa shape index (κ3) is 5.21. The fourth-order valence-corrected chi connectivity index (χ4v) is 4.35. The van der Waals surface area contributed by atoms with Crippen LogP contribution in [-0.4, -0.2) is 17.0 Å². The molecule has 1 heterocycles. The molecule has 1 amide bonds. The van der Waals surface area contributed by atoms with E-state index < -0.39 is 5.82 Å². The molecule has 32 heavy (non-hydrogen) atoms. The van der Waals surface area contributed by atoms with E-state index in [2.05, 4.69) is 17.4 Å². The van der Waals surface area contributed by atoms with Crippen molar-refractivity contribution >= 4 is 17.2 Å². The number of benzene rings is 3. The summed E-state index contributed by atoms with van der Waals surface area (Å²) in [5.74, 6) is -0.562. The van der Waals surface area contributed by atoms with Crippen molar-refractivity contribution in [1.82, 2.24) is 9.88 Å². The van der Waals surface area contributed by atoms with E-state index in [1.807, 2.05) is 24.3 Å². The van der Waals surface area contributed by atoms with Gasteiger partial charge in [-0.2, -0.15) is 0 Å². The van der Waals surface area contributed by atoms with Crippen LogP contribution in [0, 0.1) is 5.82 Å². The summed E-state index contributed by atoms with van der Waals surface area (Å²) in [6, 6.07) is 23.3. The van der Waals surface area contributed by atoms with Crippen LogP contribution in [0.1, 0.15) is 28.8 Å². The number of unbranched alkanes of at least 4 members (excludes halogenated alkanes) is 1. The van der Waals surface area contributed by atoms with E-state index in [0.717, 1.165) is 36.2 Å². The van der Waals surface area contributed by atoms with Gasteiger partial charge < -0.3 is 5.32 Å². The Bertz CT molecular complexity index is 1260. The maximum Gasteiger partial charge on any atom is 0.312 e. The second-order valence-electron chi connectivity index (χ2n) is 7.48. The minimum atomic E-state index is -0.410. The Hall–Kier alpha value is -3.51. The van der Waals surface area contributed by atoms with Crippen LogP contribution in [0.3, 0.4) is 0 Å². The fraction of sp³-hybridized carbons (Fsp3) is 0.154. The van der Waals surface area contributed by atoms with Crippen molar-refractivity contribution in [3.05, 3.63) is 111 Å². The molecule has 6 heteroatoms. The Morgan fingerprint density at radius 3 is 2.56 bits per heavy atom. The number of rotatable bonds is 8. The lowest BCUT2D eigenvalue weighted by molar-refractivity contribution is 0.0953. The molecular formula is C26H23FN2O2S. The maximum atomic E-state index is 13.7. The summed E-state index contributed by atoms with van der Waals surface area (Å²) in [5.41, 5.74) is 3.63. The molecule has 0 fully saturated rings. The number of aryl methyl sites for hydroxylation is 1. The first-order valence-electron chi connectivity index (χ1n) is 10.5. The van der Waals surface area contributed by atoms with Crippen molar-refractivity contribution < 1.29 is 9.18 Å². The first-order chi connectivity index (χ1) is 15.6. The highest BCUT2D eigenvalue weighted by atomic mass is 32.1. The predicted octanol–water partition coefficient (Wildman–Crippen LogP) is 5.46. The number of aromatic nitrogens is 1. The quantitative estimate of drug-likeness (QED) is 0.366. The molecule has 4 rings (SSSR count). The lowest BCUT2D eigenvalue weighted by atomic mass is 10.1. The minimum absolute atomic E-state index is 0.151. The van der Waals surface area contributed by atoms with Gasteiger partial charge >= 0.3 is 4.87 Å². The van der Waals surface area contributed by atoms with E-state index in [1.54, 1.807) is 35.7 Å². The van der Waals surface area contributed by atoms with Gasteiger partial charge in [-0.05, 0) is 55.2 Å². The van der Waals surface area contributed by atoms with Crippen LogP contribution in [0.5, 0.6) is 0 Å². The summed E-state index contributed by atoms with van der Waals surface area (Å²) in [7, 11) is 0. The molecule has 0 aliphatic carbocycles. The number of hydrogen-bond donors (Lipinski definition) is 1. The number of nitrogens with zero attached hydrogens (tertiary/aromatic N) is 1. The molecule has 0 bridgehead atoms. The fourth-order valence-electron chi connectivity index (χ4n) is 3.59. The van der Waals surface area contributed by atoms with Gasteiger partial charge in [-0.1, -0.05) is 59.9 Å². The van der Waals surface area contributed by atoms with Crippen molar-refractivity contribution in [2.75, 3.05) is 6.54 Å². The molecule has 3 aromatic carbocycles. The van der Waals surface area contributed by atoms with E-state index in [4.69, 9.17) is 0 Å². The maximum absolute atomic E-state index is 13.7. The number of thiazole rings is 1. The summed E-state index contributed by atoms with van der Waals surface area (Å²) in [6.07, 6.45) is 2.88. The molecule has 4 nitrogen and oxygen atoms in total. The molecule has 0 radical (unpaired) electrons. The smallest absolute Gasteiger partial charge is 0.312 e. The molecule has 1 N–H and O–H groups in total. The molecule has 4 aromatic rings. The van der Waals surface area contributed by atoms with Crippen LogP contribution >= 0.6 is 11.3 Å². The van der Waals surface area contributed by atoms with Gasteiger partial charge in [-0.3, -0.25) is 14.2 Å². The number of hydrogen-bond acceptors (Lipinski definition) is 3. The molecule has 0 atom stereocenters. The third-order valence-corrected chi connectivity index (χ3v) is 5.93. The lowest BCUT2D eigenvalue weighted by Gasteiger charge is -2.10. The predicted molar refractivity (Wildman–Crippen MR) is 127 cm³/mol. The highest BCUT2D eigenvalue weighted by Crippen LogP contribution is 2.24. The first kappa shape index (κ1) is 21.7. The van der Waals surface area contributed by atoms with Crippen molar-refractivity contribution in [1.29, 1.82) is 0 Å². The SMILES string of the molecule is O=C(NCCCCc1ccccc1)c1cccc(-c2csc(=O)n2-c2cccc(F)c2)c1. The van der Waals surface area contributed by atoms with Gasteiger partial charge in [0.2, 0.25) is 0 Å². The number of nitrogens with one attached hydrogen (secondary N) is 1. The van der Waals surface area contributed by atoms with Gasteiger partial charge in [0.25, 0.3) is 5.91 Å². The van der Waals surface area contributed by atoms with Crippen LogP contribution < -0.4 is 10.2 Å². The standard InChI is InChI=1S/C26H23FN2O2S/c27-22-13-7-14-23(17-22)29-24(18-32-26(29)31)20-11-6-12-21(16-20)25(30)28-15-5-4-10-19-8-2-1-3-9-19/h1-3,6-9,11-14,16-18H,4-5,10,15H2,(H,28,30). The van der Waals surface area contributed by atoms with Crippen molar-refractivity contribution in [3.8, 4) is 16.9 Å². The molecule has 0 saturated carbocycles. The van der Waals surface area contributed by atoms with Gasteiger partial charge in [0.1, 0.15) is 5.82 Å². The molecule has 0 unspecified atom stereocenters. The Morgan fingerprint density at radius 2 is 1.75 bits per heavy atom. The Morgan fingerprint density at radius 1 is 0.938 bits per heavy atom. The highest BCUT2D eigenvalue weighted by molar-refractivity contribution is 7.07. The van der Waals surface area contributed by atoms with Gasteiger partial charge in [-0.25, -0.2) is 4.39 Å². The number of carbonyl (C=O) groups is 1. The van der Waals surface area contributed by atoms with E-state index in [-0.39, 0.29) is 10.8 Å². The number of halogens is 1. The van der Waals surface area contributed by atoms with Crippen molar-refractivity contribution in [3.63, 3.8) is 0 Å². The Kier molecular flexibility index (Phi) is 6.92. The van der Waals surface area contributed by atoms with E-state index in [1.165, 1.54) is 22.3 Å². The Balaban J connectivity index is 1.43. The lowest BCUT2D eigenvalue weighted by Crippen LogP contribution is -2.24. The summed E-state index contributed by atoms with van der Waals surface area (Å²) in [4.78, 5) is 24.9. The van der Waals surface area contributed by atoms with E-state index in [9.17, 15) is 14.0 Å². The van der Waals surface area contributed by atoms with Gasteiger partial charge in [0, 0.05) is 23.1 Å². The van der Waals surface area contributed by atoms with Gasteiger partial charge in [-0.15, -0.1) is 0 Å². The molecule has 0 saturated heterocycles. The second kappa shape index (κ2) is 10.2. The number of carbonyl (C=O) groups excluding carboxylic acids is 1. The highest BCUT2D eigenvalue weighted by Gasteiger charge is 2.13.